The van der Waals surface area contributed by atoms with Gasteiger partial charge in [-0.25, -0.2) is 0 Å². The molecule has 2 atom stereocenters. The van der Waals surface area contributed by atoms with Gasteiger partial charge in [0, 0.05) is 7.11 Å². The quantitative estimate of drug-likeness (QED) is 0.813. The van der Waals surface area contributed by atoms with E-state index in [1.807, 2.05) is 30.3 Å². The second kappa shape index (κ2) is 6.42. The first-order valence-corrected chi connectivity index (χ1v) is 6.05. The normalized spacial score (nSPS) is 14.3. The number of hydrogen-bond donors (Lipinski definition) is 2. The standard InChI is InChI=1S/C13H17N3O3/c1-18-11(9-5-3-2-4-6-9)12-15-13(19-16-12)10(17)7-8-14/h2-6,10-11,17H,7-8,14H2,1H3/t10-,11?/m0/s1. The van der Waals surface area contributed by atoms with Crippen LogP contribution in [0.25, 0.3) is 0 Å². The Morgan fingerprint density at radius 1 is 1.37 bits per heavy atom. The molecular weight excluding hydrogens is 246 g/mol. The molecule has 6 heteroatoms. The van der Waals surface area contributed by atoms with Crippen LogP contribution in [0.5, 0.6) is 0 Å². The van der Waals surface area contributed by atoms with Crippen molar-refractivity contribution in [2.24, 2.45) is 5.73 Å². The minimum atomic E-state index is -0.834. The molecule has 0 amide bonds. The summed E-state index contributed by atoms with van der Waals surface area (Å²) in [6.07, 6.45) is -0.867. The van der Waals surface area contributed by atoms with Crippen molar-refractivity contribution in [3.63, 3.8) is 0 Å². The molecule has 0 aliphatic carbocycles. The van der Waals surface area contributed by atoms with Crippen LogP contribution in [-0.2, 0) is 4.74 Å². The van der Waals surface area contributed by atoms with E-state index in [0.29, 0.717) is 18.8 Å². The van der Waals surface area contributed by atoms with Gasteiger partial charge in [0.15, 0.2) is 0 Å². The molecule has 2 rings (SSSR count). The largest absolute Gasteiger partial charge is 0.383 e. The van der Waals surface area contributed by atoms with Crippen LogP contribution in [0.2, 0.25) is 0 Å². The molecule has 0 saturated carbocycles. The molecule has 19 heavy (non-hydrogen) atoms. The lowest BCUT2D eigenvalue weighted by atomic mass is 10.1. The first-order chi connectivity index (χ1) is 9.26. The summed E-state index contributed by atoms with van der Waals surface area (Å²) in [6.45, 7) is 0.352. The highest BCUT2D eigenvalue weighted by Gasteiger charge is 2.22. The average molecular weight is 263 g/mol. The molecule has 1 aromatic carbocycles. The molecule has 0 saturated heterocycles. The van der Waals surface area contributed by atoms with Crippen molar-refractivity contribution in [2.75, 3.05) is 13.7 Å². The van der Waals surface area contributed by atoms with E-state index in [-0.39, 0.29) is 5.89 Å². The Morgan fingerprint density at radius 2 is 2.11 bits per heavy atom. The zero-order valence-electron chi connectivity index (χ0n) is 10.7. The molecule has 2 aromatic rings. The third-order valence-corrected chi connectivity index (χ3v) is 2.76. The van der Waals surface area contributed by atoms with E-state index in [4.69, 9.17) is 15.0 Å². The molecular formula is C13H17N3O3. The van der Waals surface area contributed by atoms with E-state index < -0.39 is 12.2 Å². The fraction of sp³-hybridized carbons (Fsp3) is 0.385. The molecule has 6 nitrogen and oxygen atoms in total. The Kier molecular flexibility index (Phi) is 4.62. The molecule has 0 bridgehead atoms. The summed E-state index contributed by atoms with van der Waals surface area (Å²) in [4.78, 5) is 4.17. The molecule has 0 aliphatic heterocycles. The van der Waals surface area contributed by atoms with Gasteiger partial charge in [0.1, 0.15) is 12.2 Å². The van der Waals surface area contributed by atoms with Crippen LogP contribution in [0.3, 0.4) is 0 Å². The van der Waals surface area contributed by atoms with Gasteiger partial charge in [0.2, 0.25) is 5.82 Å². The molecule has 0 radical (unpaired) electrons. The van der Waals surface area contributed by atoms with Gasteiger partial charge in [0.25, 0.3) is 5.89 Å². The van der Waals surface area contributed by atoms with E-state index >= 15 is 0 Å². The van der Waals surface area contributed by atoms with Crippen LogP contribution in [-0.4, -0.2) is 28.9 Å². The lowest BCUT2D eigenvalue weighted by molar-refractivity contribution is 0.123. The first-order valence-electron chi connectivity index (χ1n) is 6.05. The molecule has 0 spiro atoms. The van der Waals surface area contributed by atoms with Gasteiger partial charge < -0.3 is 20.1 Å². The number of hydrogen-bond acceptors (Lipinski definition) is 6. The van der Waals surface area contributed by atoms with Gasteiger partial charge in [-0.2, -0.15) is 4.98 Å². The third kappa shape index (κ3) is 3.17. The minimum absolute atomic E-state index is 0.165. The lowest BCUT2D eigenvalue weighted by Crippen LogP contribution is -2.08. The minimum Gasteiger partial charge on any atom is -0.383 e. The lowest BCUT2D eigenvalue weighted by Gasteiger charge is -2.10. The van der Waals surface area contributed by atoms with Crippen molar-refractivity contribution in [1.82, 2.24) is 10.1 Å². The predicted molar refractivity (Wildman–Crippen MR) is 68.2 cm³/mol. The molecule has 1 heterocycles. The topological polar surface area (TPSA) is 94.4 Å². The van der Waals surface area contributed by atoms with Gasteiger partial charge in [-0.05, 0) is 18.5 Å². The number of aliphatic hydroxyl groups excluding tert-OH is 1. The molecule has 3 N–H and O–H groups in total. The Bertz CT molecular complexity index is 501. The molecule has 1 unspecified atom stereocenters. The maximum Gasteiger partial charge on any atom is 0.255 e. The number of aliphatic hydroxyl groups is 1. The monoisotopic (exact) mass is 263 g/mol. The first kappa shape index (κ1) is 13.7. The number of methoxy groups -OCH3 is 1. The van der Waals surface area contributed by atoms with E-state index in [9.17, 15) is 5.11 Å². The second-order valence-electron chi connectivity index (χ2n) is 4.11. The molecule has 1 aromatic heterocycles. The van der Waals surface area contributed by atoms with Crippen molar-refractivity contribution in [3.8, 4) is 0 Å². The van der Waals surface area contributed by atoms with Crippen LogP contribution in [0, 0.1) is 0 Å². The number of benzene rings is 1. The number of nitrogens with two attached hydrogens (primary N) is 1. The summed E-state index contributed by atoms with van der Waals surface area (Å²) >= 11 is 0. The highest BCUT2D eigenvalue weighted by Crippen LogP contribution is 2.24. The summed E-state index contributed by atoms with van der Waals surface area (Å²) in [6, 6.07) is 9.57. The fourth-order valence-corrected chi connectivity index (χ4v) is 1.79. The highest BCUT2D eigenvalue weighted by molar-refractivity contribution is 5.22. The maximum absolute atomic E-state index is 9.74. The number of nitrogens with zero attached hydrogens (tertiary/aromatic N) is 2. The van der Waals surface area contributed by atoms with Crippen molar-refractivity contribution in [2.45, 2.75) is 18.6 Å². The zero-order valence-corrected chi connectivity index (χ0v) is 10.7. The Morgan fingerprint density at radius 3 is 2.74 bits per heavy atom. The van der Waals surface area contributed by atoms with E-state index in [1.54, 1.807) is 7.11 Å². The summed E-state index contributed by atoms with van der Waals surface area (Å²) < 4.78 is 10.4. The van der Waals surface area contributed by atoms with Crippen LogP contribution in [0.4, 0.5) is 0 Å². The van der Waals surface area contributed by atoms with Crippen LogP contribution < -0.4 is 5.73 Å². The van der Waals surface area contributed by atoms with Gasteiger partial charge in [-0.15, -0.1) is 0 Å². The van der Waals surface area contributed by atoms with E-state index in [1.165, 1.54) is 0 Å². The third-order valence-electron chi connectivity index (χ3n) is 2.76. The number of aromatic nitrogens is 2. The Hall–Kier alpha value is -1.76. The highest BCUT2D eigenvalue weighted by atomic mass is 16.5. The average Bonchev–Trinajstić information content (AvgIpc) is 2.91. The smallest absolute Gasteiger partial charge is 0.255 e. The Balaban J connectivity index is 2.21. The maximum atomic E-state index is 9.74. The van der Waals surface area contributed by atoms with Crippen molar-refractivity contribution in [1.29, 1.82) is 0 Å². The molecule has 0 fully saturated rings. The van der Waals surface area contributed by atoms with E-state index in [2.05, 4.69) is 10.1 Å². The summed E-state index contributed by atoms with van der Waals surface area (Å²) in [5.74, 6) is 0.554. The van der Waals surface area contributed by atoms with Gasteiger partial charge in [0.05, 0.1) is 0 Å². The Labute approximate surface area is 111 Å². The van der Waals surface area contributed by atoms with Crippen molar-refractivity contribution in [3.05, 3.63) is 47.6 Å². The number of rotatable bonds is 6. The second-order valence-corrected chi connectivity index (χ2v) is 4.11. The summed E-state index contributed by atoms with van der Waals surface area (Å²) in [7, 11) is 1.57. The number of ether oxygens (including phenoxy) is 1. The van der Waals surface area contributed by atoms with Crippen molar-refractivity contribution < 1.29 is 14.4 Å². The van der Waals surface area contributed by atoms with Crippen LogP contribution in [0.15, 0.2) is 34.9 Å². The molecule has 102 valence electrons. The van der Waals surface area contributed by atoms with Crippen LogP contribution in [0.1, 0.15) is 35.9 Å². The van der Waals surface area contributed by atoms with Crippen LogP contribution >= 0.6 is 0 Å². The zero-order chi connectivity index (χ0) is 13.7. The van der Waals surface area contributed by atoms with E-state index in [0.717, 1.165) is 5.56 Å². The van der Waals surface area contributed by atoms with Crippen molar-refractivity contribution >= 4 is 0 Å². The SMILES string of the molecule is COC(c1ccccc1)c1noc([C@@H](O)CCN)n1. The fourth-order valence-electron chi connectivity index (χ4n) is 1.79. The van der Waals surface area contributed by atoms with Gasteiger partial charge >= 0.3 is 0 Å². The molecule has 0 aliphatic rings. The summed E-state index contributed by atoms with van der Waals surface area (Å²) in [5.41, 5.74) is 6.30. The summed E-state index contributed by atoms with van der Waals surface area (Å²) in [5, 5.41) is 13.6. The van der Waals surface area contributed by atoms with Gasteiger partial charge in [-0.3, -0.25) is 0 Å². The predicted octanol–water partition coefficient (Wildman–Crippen LogP) is 1.19. The van der Waals surface area contributed by atoms with Gasteiger partial charge in [-0.1, -0.05) is 35.5 Å².